The minimum absolute atomic E-state index is 0.370. The van der Waals surface area contributed by atoms with Gasteiger partial charge in [0.15, 0.2) is 0 Å². The molecule has 0 radical (unpaired) electrons. The first-order valence-electron chi connectivity index (χ1n) is 8.49. The maximum Gasteiger partial charge on any atom is 0.0991 e. The molecule has 0 aromatic carbocycles. The molecule has 1 aromatic rings. The van der Waals surface area contributed by atoms with Crippen LogP contribution >= 0.6 is 11.3 Å². The zero-order valence-corrected chi connectivity index (χ0v) is 14.6. The minimum Gasteiger partial charge on any atom is -0.312 e. The van der Waals surface area contributed by atoms with Gasteiger partial charge in [-0.3, -0.25) is 0 Å². The van der Waals surface area contributed by atoms with Crippen molar-refractivity contribution in [3.05, 3.63) is 16.1 Å². The lowest BCUT2D eigenvalue weighted by Gasteiger charge is -2.64. The molecular weight excluding hydrogens is 276 g/mol. The second-order valence-corrected chi connectivity index (χ2v) is 9.86. The van der Waals surface area contributed by atoms with Crippen LogP contribution in [0.1, 0.15) is 76.0 Å². The molecular formula is C18H28N2S. The van der Waals surface area contributed by atoms with Gasteiger partial charge >= 0.3 is 0 Å². The van der Waals surface area contributed by atoms with Gasteiger partial charge in [0, 0.05) is 16.8 Å². The first kappa shape index (κ1) is 14.2. The molecule has 1 N–H and O–H groups in total. The fourth-order valence-electron chi connectivity index (χ4n) is 6.56. The minimum atomic E-state index is 0.370. The molecule has 0 amide bonds. The van der Waals surface area contributed by atoms with Gasteiger partial charge in [-0.05, 0) is 69.2 Å². The van der Waals surface area contributed by atoms with Crippen LogP contribution in [-0.4, -0.2) is 12.0 Å². The summed E-state index contributed by atoms with van der Waals surface area (Å²) in [6, 6.07) is 0.370. The van der Waals surface area contributed by atoms with E-state index >= 15 is 0 Å². The monoisotopic (exact) mass is 304 g/mol. The molecule has 4 aliphatic rings. The van der Waals surface area contributed by atoms with Crippen molar-refractivity contribution in [1.29, 1.82) is 0 Å². The third kappa shape index (κ3) is 2.11. The van der Waals surface area contributed by atoms with Crippen LogP contribution in [0.15, 0.2) is 5.38 Å². The summed E-state index contributed by atoms with van der Waals surface area (Å²) in [6.45, 7) is 7.31. The van der Waals surface area contributed by atoms with E-state index in [4.69, 9.17) is 4.98 Å². The molecule has 0 saturated heterocycles. The highest BCUT2D eigenvalue weighted by Crippen LogP contribution is 2.70. The van der Waals surface area contributed by atoms with E-state index in [0.717, 1.165) is 5.92 Å². The van der Waals surface area contributed by atoms with Gasteiger partial charge in [-0.1, -0.05) is 13.8 Å². The van der Waals surface area contributed by atoms with Gasteiger partial charge in [-0.2, -0.15) is 0 Å². The predicted octanol–water partition coefficient (Wildman–Crippen LogP) is 4.67. The fraction of sp³-hybridized carbons (Fsp3) is 0.833. The number of aromatic nitrogens is 1. The van der Waals surface area contributed by atoms with Gasteiger partial charge in [-0.25, -0.2) is 4.98 Å². The van der Waals surface area contributed by atoms with Gasteiger partial charge in [-0.15, -0.1) is 11.3 Å². The van der Waals surface area contributed by atoms with E-state index in [0.29, 0.717) is 22.3 Å². The maximum atomic E-state index is 5.09. The summed E-state index contributed by atoms with van der Waals surface area (Å²) in [6.07, 6.45) is 8.55. The number of nitrogens with zero attached hydrogens (tertiary/aromatic N) is 1. The topological polar surface area (TPSA) is 24.9 Å². The van der Waals surface area contributed by atoms with Crippen LogP contribution in [0.2, 0.25) is 0 Å². The lowest BCUT2D eigenvalue weighted by Crippen LogP contribution is -2.56. The molecule has 116 valence electrons. The Morgan fingerprint density at radius 1 is 1.19 bits per heavy atom. The van der Waals surface area contributed by atoms with E-state index < -0.39 is 0 Å². The molecule has 4 aliphatic carbocycles. The molecule has 0 aliphatic heterocycles. The summed E-state index contributed by atoms with van der Waals surface area (Å²) in [5.74, 6) is 0.949. The van der Waals surface area contributed by atoms with Crippen molar-refractivity contribution in [3.63, 3.8) is 0 Å². The van der Waals surface area contributed by atoms with Gasteiger partial charge in [0.1, 0.15) is 0 Å². The summed E-state index contributed by atoms with van der Waals surface area (Å²) in [4.78, 5) is 5.09. The van der Waals surface area contributed by atoms with Gasteiger partial charge < -0.3 is 5.32 Å². The Morgan fingerprint density at radius 3 is 2.43 bits per heavy atom. The summed E-state index contributed by atoms with van der Waals surface area (Å²) in [5.41, 5.74) is 2.80. The second kappa shape index (κ2) is 4.32. The van der Waals surface area contributed by atoms with Crippen molar-refractivity contribution in [1.82, 2.24) is 10.3 Å². The average Bonchev–Trinajstić information content (AvgIpc) is 2.83. The molecule has 3 unspecified atom stereocenters. The number of rotatable bonds is 3. The predicted molar refractivity (Wildman–Crippen MR) is 88.7 cm³/mol. The molecule has 3 heteroatoms. The van der Waals surface area contributed by atoms with Gasteiger partial charge in [0.05, 0.1) is 10.7 Å². The van der Waals surface area contributed by atoms with Crippen LogP contribution in [0.5, 0.6) is 0 Å². The van der Waals surface area contributed by atoms with Crippen LogP contribution < -0.4 is 5.32 Å². The SMILES string of the molecule is CNC(C)c1csc(C23CC4CC(C)(CC(C)(C4)C2)C3)n1. The third-order valence-electron chi connectivity index (χ3n) is 6.48. The third-order valence-corrected chi connectivity index (χ3v) is 7.59. The van der Waals surface area contributed by atoms with Crippen LogP contribution in [0.25, 0.3) is 0 Å². The highest BCUT2D eigenvalue weighted by Gasteiger charge is 2.61. The first-order chi connectivity index (χ1) is 9.85. The zero-order valence-electron chi connectivity index (χ0n) is 13.8. The average molecular weight is 305 g/mol. The Hall–Kier alpha value is -0.410. The molecule has 0 spiro atoms. The molecule has 1 heterocycles. The quantitative estimate of drug-likeness (QED) is 0.877. The summed E-state index contributed by atoms with van der Waals surface area (Å²) >= 11 is 1.93. The number of thiazole rings is 1. The summed E-state index contributed by atoms with van der Waals surface area (Å²) < 4.78 is 0. The fourth-order valence-corrected chi connectivity index (χ4v) is 7.69. The lowest BCUT2D eigenvalue weighted by molar-refractivity contribution is -0.110. The second-order valence-electron chi connectivity index (χ2n) is 9.00. The van der Waals surface area contributed by atoms with E-state index in [2.05, 4.69) is 31.5 Å². The van der Waals surface area contributed by atoms with E-state index in [1.54, 1.807) is 0 Å². The molecule has 4 bridgehead atoms. The Morgan fingerprint density at radius 2 is 1.86 bits per heavy atom. The molecule has 5 rings (SSSR count). The molecule has 3 atom stereocenters. The maximum absolute atomic E-state index is 5.09. The molecule has 4 saturated carbocycles. The van der Waals surface area contributed by atoms with Crippen LogP contribution in [-0.2, 0) is 5.41 Å². The van der Waals surface area contributed by atoms with E-state index in [9.17, 15) is 0 Å². The van der Waals surface area contributed by atoms with Crippen molar-refractivity contribution < 1.29 is 0 Å². The molecule has 21 heavy (non-hydrogen) atoms. The standard InChI is InChI=1S/C18H28N2S/c1-12(19-4)14-8-21-15(20-14)18-7-13-5-16(2,10-18)9-17(3,6-13)11-18/h8,12-13,19H,5-7,9-11H2,1-4H3. The van der Waals surface area contributed by atoms with E-state index in [-0.39, 0.29) is 0 Å². The van der Waals surface area contributed by atoms with E-state index in [1.165, 1.54) is 49.2 Å². The number of hydrogen-bond donors (Lipinski definition) is 1. The van der Waals surface area contributed by atoms with Crippen LogP contribution in [0.3, 0.4) is 0 Å². The Kier molecular flexibility index (Phi) is 2.92. The number of nitrogens with one attached hydrogen (secondary N) is 1. The van der Waals surface area contributed by atoms with Crippen LogP contribution in [0.4, 0.5) is 0 Å². The van der Waals surface area contributed by atoms with Crippen molar-refractivity contribution in [2.24, 2.45) is 16.7 Å². The Balaban J connectivity index is 1.72. The zero-order chi connectivity index (χ0) is 14.9. The van der Waals surface area contributed by atoms with Crippen molar-refractivity contribution in [2.75, 3.05) is 7.05 Å². The number of hydrogen-bond acceptors (Lipinski definition) is 3. The van der Waals surface area contributed by atoms with E-state index in [1.807, 2.05) is 18.4 Å². The highest BCUT2D eigenvalue weighted by atomic mass is 32.1. The largest absolute Gasteiger partial charge is 0.312 e. The van der Waals surface area contributed by atoms with Gasteiger partial charge in [0.2, 0.25) is 0 Å². The normalized spacial score (nSPS) is 46.0. The smallest absolute Gasteiger partial charge is 0.0991 e. The Bertz CT molecular complexity index is 545. The molecule has 4 fully saturated rings. The van der Waals surface area contributed by atoms with Crippen molar-refractivity contribution in [3.8, 4) is 0 Å². The molecule has 1 aromatic heterocycles. The Labute approximate surface area is 132 Å². The summed E-state index contributed by atoms with van der Waals surface area (Å²) in [7, 11) is 2.02. The van der Waals surface area contributed by atoms with Gasteiger partial charge in [0.25, 0.3) is 0 Å². The van der Waals surface area contributed by atoms with Crippen molar-refractivity contribution in [2.45, 2.75) is 70.8 Å². The highest BCUT2D eigenvalue weighted by molar-refractivity contribution is 7.09. The summed E-state index contributed by atoms with van der Waals surface area (Å²) in [5, 5.41) is 7.06. The van der Waals surface area contributed by atoms with Crippen LogP contribution in [0, 0.1) is 16.7 Å². The first-order valence-corrected chi connectivity index (χ1v) is 9.37. The van der Waals surface area contributed by atoms with Crippen molar-refractivity contribution >= 4 is 11.3 Å². The lowest BCUT2D eigenvalue weighted by atomic mass is 9.40. The molecule has 2 nitrogen and oxygen atoms in total.